The van der Waals surface area contributed by atoms with E-state index in [9.17, 15) is 0 Å². The number of nitrogens with one attached hydrogen (secondary N) is 1. The maximum atomic E-state index is 5.83. The van der Waals surface area contributed by atoms with Crippen LogP contribution < -0.4 is 5.32 Å². The molecule has 0 aliphatic carbocycles. The third-order valence-corrected chi connectivity index (χ3v) is 3.64. The predicted molar refractivity (Wildman–Crippen MR) is 88.1 cm³/mol. The number of hydrogen-bond acceptors (Lipinski definition) is 3. The third kappa shape index (κ3) is 5.30. The molecule has 2 aromatic rings. The van der Waals surface area contributed by atoms with Crippen molar-refractivity contribution in [1.29, 1.82) is 0 Å². The van der Waals surface area contributed by atoms with E-state index in [1.165, 1.54) is 5.56 Å². The van der Waals surface area contributed by atoms with Crippen LogP contribution in [0.25, 0.3) is 0 Å². The Labute approximate surface area is 134 Å². The smallest absolute Gasteiger partial charge is 0.130 e. The molecule has 0 aliphatic rings. The minimum absolute atomic E-state index is 0.450. The number of halogens is 1. The van der Waals surface area contributed by atoms with Crippen molar-refractivity contribution in [3.63, 3.8) is 0 Å². The van der Waals surface area contributed by atoms with Crippen LogP contribution in [0.4, 0.5) is 0 Å². The van der Waals surface area contributed by atoms with Gasteiger partial charge in [0, 0.05) is 10.5 Å². The van der Waals surface area contributed by atoms with Crippen molar-refractivity contribution in [2.45, 2.75) is 46.6 Å². The van der Waals surface area contributed by atoms with E-state index in [1.807, 2.05) is 12.1 Å². The fourth-order valence-corrected chi connectivity index (χ4v) is 2.48. The molecular weight excluding hydrogens is 330 g/mol. The lowest BCUT2D eigenvalue weighted by Crippen LogP contribution is -2.21. The molecule has 0 bridgehead atoms. The van der Waals surface area contributed by atoms with Crippen molar-refractivity contribution >= 4 is 15.9 Å². The van der Waals surface area contributed by atoms with Gasteiger partial charge in [0.2, 0.25) is 0 Å². The monoisotopic (exact) mass is 351 g/mol. The maximum absolute atomic E-state index is 5.83. The Morgan fingerprint density at radius 2 is 2.05 bits per heavy atom. The van der Waals surface area contributed by atoms with E-state index >= 15 is 0 Å². The van der Waals surface area contributed by atoms with Crippen LogP contribution in [0.3, 0.4) is 0 Å². The number of furan rings is 1. The molecule has 21 heavy (non-hydrogen) atoms. The summed E-state index contributed by atoms with van der Waals surface area (Å²) in [4.78, 5) is 0. The van der Waals surface area contributed by atoms with Crippen LogP contribution >= 0.6 is 15.9 Å². The Morgan fingerprint density at radius 3 is 2.76 bits per heavy atom. The number of benzene rings is 1. The van der Waals surface area contributed by atoms with Crippen molar-refractivity contribution < 1.29 is 9.15 Å². The van der Waals surface area contributed by atoms with Gasteiger partial charge in [0.05, 0.1) is 13.2 Å². The lowest BCUT2D eigenvalue weighted by atomic mass is 10.2. The molecule has 3 nitrogen and oxygen atoms in total. The summed E-state index contributed by atoms with van der Waals surface area (Å²) in [5.74, 6) is 1.87. The number of ether oxygens (including phenoxy) is 1. The molecular formula is C17H22BrNO2. The molecule has 0 atom stereocenters. The normalized spacial score (nSPS) is 11.3. The van der Waals surface area contributed by atoms with Crippen LogP contribution in [-0.2, 0) is 24.5 Å². The average Bonchev–Trinajstić information content (AvgIpc) is 2.77. The van der Waals surface area contributed by atoms with Gasteiger partial charge in [-0.1, -0.05) is 41.9 Å². The number of hydrogen-bond donors (Lipinski definition) is 1. The molecule has 1 aromatic heterocycles. The van der Waals surface area contributed by atoms with E-state index in [0.29, 0.717) is 19.3 Å². The first-order valence-electron chi connectivity index (χ1n) is 7.18. The standard InChI is InChI=1S/C17H22BrNO2/c1-12(2)19-9-17-13(3)7-16(21-17)11-20-10-14-5-4-6-15(18)8-14/h4-8,12,19H,9-11H2,1-3H3. The average molecular weight is 352 g/mol. The van der Waals surface area contributed by atoms with Crippen LogP contribution in [0, 0.1) is 6.92 Å². The van der Waals surface area contributed by atoms with Gasteiger partial charge in [0.15, 0.2) is 0 Å². The highest BCUT2D eigenvalue weighted by atomic mass is 79.9. The molecule has 0 aliphatic heterocycles. The van der Waals surface area contributed by atoms with Crippen molar-refractivity contribution in [3.05, 3.63) is 57.5 Å². The summed E-state index contributed by atoms with van der Waals surface area (Å²) in [6.45, 7) is 8.15. The van der Waals surface area contributed by atoms with Crippen LogP contribution in [0.15, 0.2) is 39.2 Å². The Morgan fingerprint density at radius 1 is 1.24 bits per heavy atom. The fourth-order valence-electron chi connectivity index (χ4n) is 2.03. The molecule has 4 heteroatoms. The van der Waals surface area contributed by atoms with E-state index in [2.05, 4.69) is 60.2 Å². The van der Waals surface area contributed by atoms with E-state index in [1.54, 1.807) is 0 Å². The lowest BCUT2D eigenvalue weighted by molar-refractivity contribution is 0.0919. The minimum Gasteiger partial charge on any atom is -0.462 e. The molecule has 0 amide bonds. The van der Waals surface area contributed by atoms with E-state index in [-0.39, 0.29) is 0 Å². The van der Waals surface area contributed by atoms with Gasteiger partial charge < -0.3 is 14.5 Å². The molecule has 0 spiro atoms. The first kappa shape index (κ1) is 16.3. The summed E-state index contributed by atoms with van der Waals surface area (Å²) in [5, 5.41) is 3.36. The molecule has 0 unspecified atom stereocenters. The SMILES string of the molecule is Cc1cc(COCc2cccc(Br)c2)oc1CNC(C)C. The van der Waals surface area contributed by atoms with E-state index in [0.717, 1.165) is 28.1 Å². The number of rotatable bonds is 7. The first-order valence-corrected chi connectivity index (χ1v) is 7.97. The molecule has 1 heterocycles. The van der Waals surface area contributed by atoms with Crippen molar-refractivity contribution in [2.24, 2.45) is 0 Å². The highest BCUT2D eigenvalue weighted by molar-refractivity contribution is 9.10. The quantitative estimate of drug-likeness (QED) is 0.793. The van der Waals surface area contributed by atoms with Crippen molar-refractivity contribution in [1.82, 2.24) is 5.32 Å². The minimum atomic E-state index is 0.450. The summed E-state index contributed by atoms with van der Waals surface area (Å²) in [6, 6.07) is 10.6. The summed E-state index contributed by atoms with van der Waals surface area (Å²) in [6.07, 6.45) is 0. The highest BCUT2D eigenvalue weighted by Gasteiger charge is 2.08. The highest BCUT2D eigenvalue weighted by Crippen LogP contribution is 2.17. The maximum Gasteiger partial charge on any atom is 0.130 e. The Balaban J connectivity index is 1.84. The molecule has 0 radical (unpaired) electrons. The van der Waals surface area contributed by atoms with Crippen LogP contribution in [0.1, 0.15) is 36.5 Å². The molecule has 1 aromatic carbocycles. The largest absolute Gasteiger partial charge is 0.462 e. The summed E-state index contributed by atoms with van der Waals surface area (Å²) in [7, 11) is 0. The molecule has 114 valence electrons. The van der Waals surface area contributed by atoms with Crippen LogP contribution in [-0.4, -0.2) is 6.04 Å². The second-order valence-electron chi connectivity index (χ2n) is 5.48. The fraction of sp³-hybridized carbons (Fsp3) is 0.412. The van der Waals surface area contributed by atoms with Gasteiger partial charge in [-0.25, -0.2) is 0 Å². The summed E-state index contributed by atoms with van der Waals surface area (Å²) >= 11 is 3.46. The van der Waals surface area contributed by atoms with Gasteiger partial charge in [0.25, 0.3) is 0 Å². The molecule has 0 saturated carbocycles. The van der Waals surface area contributed by atoms with E-state index in [4.69, 9.17) is 9.15 Å². The third-order valence-electron chi connectivity index (χ3n) is 3.14. The Kier molecular flexibility index (Phi) is 6.03. The van der Waals surface area contributed by atoms with Gasteiger partial charge >= 0.3 is 0 Å². The van der Waals surface area contributed by atoms with E-state index < -0.39 is 0 Å². The zero-order valence-electron chi connectivity index (χ0n) is 12.8. The van der Waals surface area contributed by atoms with Gasteiger partial charge in [-0.05, 0) is 36.2 Å². The Hall–Kier alpha value is -1.10. The predicted octanol–water partition coefficient (Wildman–Crippen LogP) is 4.57. The lowest BCUT2D eigenvalue weighted by Gasteiger charge is -2.06. The van der Waals surface area contributed by atoms with Gasteiger partial charge in [-0.2, -0.15) is 0 Å². The van der Waals surface area contributed by atoms with Gasteiger partial charge in [-0.3, -0.25) is 0 Å². The van der Waals surface area contributed by atoms with Crippen molar-refractivity contribution in [2.75, 3.05) is 0 Å². The molecule has 2 rings (SSSR count). The zero-order valence-corrected chi connectivity index (χ0v) is 14.4. The topological polar surface area (TPSA) is 34.4 Å². The van der Waals surface area contributed by atoms with Crippen molar-refractivity contribution in [3.8, 4) is 0 Å². The molecule has 0 fully saturated rings. The zero-order chi connectivity index (χ0) is 15.2. The van der Waals surface area contributed by atoms with Gasteiger partial charge in [-0.15, -0.1) is 0 Å². The van der Waals surface area contributed by atoms with Crippen LogP contribution in [0.5, 0.6) is 0 Å². The summed E-state index contributed by atoms with van der Waals surface area (Å²) in [5.41, 5.74) is 2.32. The Bertz CT molecular complexity index is 578. The van der Waals surface area contributed by atoms with Crippen LogP contribution in [0.2, 0.25) is 0 Å². The second-order valence-corrected chi connectivity index (χ2v) is 6.39. The summed E-state index contributed by atoms with van der Waals surface area (Å²) < 4.78 is 12.6. The first-order chi connectivity index (χ1) is 10.0. The molecule has 1 N–H and O–H groups in total. The second kappa shape index (κ2) is 7.78. The number of aryl methyl sites for hydroxylation is 1. The molecule has 0 saturated heterocycles. The van der Waals surface area contributed by atoms with Gasteiger partial charge in [0.1, 0.15) is 18.1 Å².